The van der Waals surface area contributed by atoms with Crippen molar-refractivity contribution in [2.75, 3.05) is 13.2 Å². The molecule has 120 valence electrons. The maximum Gasteiger partial charge on any atom is 0.333 e. The number of carbonyl (C=O) groups is 3. The van der Waals surface area contributed by atoms with Crippen LogP contribution in [0.25, 0.3) is 0 Å². The molecular weight excluding hydrogens is 288 g/mol. The molecule has 3 rings (SSSR count). The zero-order valence-corrected chi connectivity index (χ0v) is 12.7. The Morgan fingerprint density at radius 1 is 1.27 bits per heavy atom. The highest BCUT2D eigenvalue weighted by atomic mass is 16.6. The van der Waals surface area contributed by atoms with Crippen molar-refractivity contribution < 1.29 is 28.6 Å². The molecule has 0 radical (unpaired) electrons. The Kier molecular flexibility index (Phi) is 3.70. The Hall–Kier alpha value is -1.85. The minimum atomic E-state index is -0.508. The third-order valence-corrected chi connectivity index (χ3v) is 5.18. The molecule has 22 heavy (non-hydrogen) atoms. The molecule has 3 aliphatic rings. The Labute approximate surface area is 128 Å². The van der Waals surface area contributed by atoms with Crippen molar-refractivity contribution in [1.29, 1.82) is 0 Å². The quantitative estimate of drug-likeness (QED) is 0.327. The number of ether oxygens (including phenoxy) is 3. The summed E-state index contributed by atoms with van der Waals surface area (Å²) < 4.78 is 15.5. The first-order valence-electron chi connectivity index (χ1n) is 7.61. The molecule has 6 heteroatoms. The molecule has 0 amide bonds. The van der Waals surface area contributed by atoms with E-state index in [4.69, 9.17) is 14.2 Å². The molecule has 2 aliphatic carbocycles. The van der Waals surface area contributed by atoms with E-state index in [2.05, 4.69) is 6.58 Å². The monoisotopic (exact) mass is 308 g/mol. The molecule has 2 bridgehead atoms. The number of rotatable bonds is 5. The topological polar surface area (TPSA) is 78.9 Å². The predicted octanol–water partition coefficient (Wildman–Crippen LogP) is 1.09. The van der Waals surface area contributed by atoms with Crippen LogP contribution in [0, 0.1) is 29.6 Å². The van der Waals surface area contributed by atoms with Crippen molar-refractivity contribution in [3.63, 3.8) is 0 Å². The van der Waals surface area contributed by atoms with Gasteiger partial charge in [0.05, 0.1) is 11.8 Å². The number of hydrogen-bond donors (Lipinski definition) is 0. The predicted molar refractivity (Wildman–Crippen MR) is 74.4 cm³/mol. The summed E-state index contributed by atoms with van der Waals surface area (Å²) in [6.45, 7) is 7.02. The van der Waals surface area contributed by atoms with Crippen molar-refractivity contribution in [1.82, 2.24) is 0 Å². The lowest BCUT2D eigenvalue weighted by Gasteiger charge is -2.27. The van der Waals surface area contributed by atoms with Gasteiger partial charge in [-0.3, -0.25) is 9.59 Å². The van der Waals surface area contributed by atoms with Crippen LogP contribution < -0.4 is 0 Å². The van der Waals surface area contributed by atoms with Crippen LogP contribution in [0.1, 0.15) is 20.3 Å². The Bertz CT molecular complexity index is 539. The Balaban J connectivity index is 1.54. The highest BCUT2D eigenvalue weighted by Crippen LogP contribution is 2.60. The van der Waals surface area contributed by atoms with Gasteiger partial charge in [-0.25, -0.2) is 4.79 Å². The first-order chi connectivity index (χ1) is 10.4. The van der Waals surface area contributed by atoms with Crippen molar-refractivity contribution in [2.45, 2.75) is 26.4 Å². The number of esters is 3. The lowest BCUT2D eigenvalue weighted by atomic mass is 9.75. The lowest BCUT2D eigenvalue weighted by molar-refractivity contribution is -0.158. The van der Waals surface area contributed by atoms with Gasteiger partial charge in [-0.2, -0.15) is 0 Å². The SMILES string of the molecule is C=C(C)C(=O)OCCOC(=O)C1C2CC3C(OC(=O)C31)C2C. The molecule has 0 aromatic heterocycles. The summed E-state index contributed by atoms with van der Waals surface area (Å²) in [6, 6.07) is 0. The van der Waals surface area contributed by atoms with Crippen LogP contribution in [-0.2, 0) is 28.6 Å². The van der Waals surface area contributed by atoms with Gasteiger partial charge in [0.25, 0.3) is 0 Å². The van der Waals surface area contributed by atoms with E-state index in [1.807, 2.05) is 6.92 Å². The summed E-state index contributed by atoms with van der Waals surface area (Å²) in [5.74, 6) is -1.41. The summed E-state index contributed by atoms with van der Waals surface area (Å²) >= 11 is 0. The highest BCUT2D eigenvalue weighted by Gasteiger charge is 2.67. The number of carbonyl (C=O) groups excluding carboxylic acids is 3. The second-order valence-corrected chi connectivity index (χ2v) is 6.46. The molecule has 0 aromatic carbocycles. The normalized spacial score (nSPS) is 37.8. The molecule has 0 aromatic rings. The van der Waals surface area contributed by atoms with E-state index in [0.717, 1.165) is 6.42 Å². The van der Waals surface area contributed by atoms with Crippen molar-refractivity contribution in [3.8, 4) is 0 Å². The maximum absolute atomic E-state index is 12.3. The van der Waals surface area contributed by atoms with E-state index in [-0.39, 0.29) is 54.9 Å². The highest BCUT2D eigenvalue weighted by molar-refractivity contribution is 5.87. The third kappa shape index (κ3) is 2.21. The van der Waals surface area contributed by atoms with Crippen LogP contribution in [0.5, 0.6) is 0 Å². The van der Waals surface area contributed by atoms with Crippen LogP contribution >= 0.6 is 0 Å². The summed E-state index contributed by atoms with van der Waals surface area (Å²) in [5, 5.41) is 0. The van der Waals surface area contributed by atoms with Gasteiger partial charge in [0.1, 0.15) is 19.3 Å². The number of hydrogen-bond acceptors (Lipinski definition) is 6. The summed E-state index contributed by atoms with van der Waals surface area (Å²) in [7, 11) is 0. The molecular formula is C16H20O6. The van der Waals surface area contributed by atoms with E-state index in [0.29, 0.717) is 5.57 Å². The first kappa shape index (κ1) is 15.1. The lowest BCUT2D eigenvalue weighted by Crippen LogP contribution is -2.37. The van der Waals surface area contributed by atoms with Gasteiger partial charge in [-0.1, -0.05) is 13.5 Å². The van der Waals surface area contributed by atoms with Gasteiger partial charge in [0.15, 0.2) is 0 Å². The minimum Gasteiger partial charge on any atom is -0.462 e. The van der Waals surface area contributed by atoms with Crippen LogP contribution in [-0.4, -0.2) is 37.2 Å². The molecule has 6 unspecified atom stereocenters. The zero-order chi connectivity index (χ0) is 16.0. The third-order valence-electron chi connectivity index (χ3n) is 5.18. The summed E-state index contributed by atoms with van der Waals surface area (Å²) in [4.78, 5) is 35.5. The molecule has 2 saturated carbocycles. The van der Waals surface area contributed by atoms with Gasteiger partial charge >= 0.3 is 17.9 Å². The average Bonchev–Trinajstić information content (AvgIpc) is 3.07. The molecule has 1 aliphatic heterocycles. The summed E-state index contributed by atoms with van der Waals surface area (Å²) in [5.41, 5.74) is 0.299. The van der Waals surface area contributed by atoms with E-state index in [9.17, 15) is 14.4 Å². The molecule has 0 spiro atoms. The molecule has 3 fully saturated rings. The van der Waals surface area contributed by atoms with E-state index >= 15 is 0 Å². The standard InChI is InChI=1S/C16H20O6/c1-7(2)14(17)20-4-5-21-15(18)11-9-6-10-12(11)16(19)22-13(10)8(9)3/h8-13H,1,4-6H2,2-3H3. The average molecular weight is 308 g/mol. The Morgan fingerprint density at radius 3 is 2.64 bits per heavy atom. The fourth-order valence-electron chi connectivity index (χ4n) is 4.20. The smallest absolute Gasteiger partial charge is 0.333 e. The Morgan fingerprint density at radius 2 is 1.95 bits per heavy atom. The van der Waals surface area contributed by atoms with Crippen LogP contribution in [0.3, 0.4) is 0 Å². The second kappa shape index (κ2) is 5.41. The molecule has 1 saturated heterocycles. The van der Waals surface area contributed by atoms with E-state index in [1.54, 1.807) is 6.92 Å². The summed E-state index contributed by atoms with van der Waals surface area (Å²) in [6.07, 6.45) is 0.829. The maximum atomic E-state index is 12.3. The van der Waals surface area contributed by atoms with Gasteiger partial charge in [-0.05, 0) is 25.2 Å². The van der Waals surface area contributed by atoms with Gasteiger partial charge in [0, 0.05) is 11.5 Å². The van der Waals surface area contributed by atoms with Crippen LogP contribution in [0.4, 0.5) is 0 Å². The van der Waals surface area contributed by atoms with Crippen molar-refractivity contribution in [2.24, 2.45) is 29.6 Å². The fourth-order valence-corrected chi connectivity index (χ4v) is 4.20. The molecule has 6 nitrogen and oxygen atoms in total. The number of fused-ring (bicyclic) bond motifs is 1. The molecule has 0 N–H and O–H groups in total. The van der Waals surface area contributed by atoms with Crippen molar-refractivity contribution >= 4 is 17.9 Å². The zero-order valence-electron chi connectivity index (χ0n) is 12.7. The molecule has 1 heterocycles. The second-order valence-electron chi connectivity index (χ2n) is 6.46. The van der Waals surface area contributed by atoms with Gasteiger partial charge < -0.3 is 14.2 Å². The first-order valence-corrected chi connectivity index (χ1v) is 7.61. The van der Waals surface area contributed by atoms with E-state index < -0.39 is 11.9 Å². The minimum absolute atomic E-state index is 0.00839. The molecule has 6 atom stereocenters. The van der Waals surface area contributed by atoms with Crippen LogP contribution in [0.2, 0.25) is 0 Å². The van der Waals surface area contributed by atoms with Gasteiger partial charge in [-0.15, -0.1) is 0 Å². The van der Waals surface area contributed by atoms with E-state index in [1.165, 1.54) is 0 Å². The van der Waals surface area contributed by atoms with Gasteiger partial charge in [0.2, 0.25) is 0 Å². The largest absolute Gasteiger partial charge is 0.462 e. The fraction of sp³-hybridized carbons (Fsp3) is 0.688. The van der Waals surface area contributed by atoms with Crippen molar-refractivity contribution in [3.05, 3.63) is 12.2 Å². The van der Waals surface area contributed by atoms with Crippen LogP contribution in [0.15, 0.2) is 12.2 Å².